The summed E-state index contributed by atoms with van der Waals surface area (Å²) >= 11 is 0. The van der Waals surface area contributed by atoms with Gasteiger partial charge in [0.05, 0.1) is 0 Å². The molecule has 0 radical (unpaired) electrons. The van der Waals surface area contributed by atoms with Crippen molar-refractivity contribution >= 4 is 5.91 Å². The van der Waals surface area contributed by atoms with Gasteiger partial charge in [-0.05, 0) is 18.1 Å². The maximum Gasteiger partial charge on any atom is 0.224 e. The number of hydrogen-bond acceptors (Lipinski definition) is 3. The summed E-state index contributed by atoms with van der Waals surface area (Å²) in [7, 11) is 0. The van der Waals surface area contributed by atoms with E-state index in [2.05, 4.69) is 59.2 Å². The molecule has 0 bridgehead atoms. The zero-order valence-corrected chi connectivity index (χ0v) is 16.4. The lowest BCUT2D eigenvalue weighted by molar-refractivity contribution is -0.132. The van der Waals surface area contributed by atoms with Crippen molar-refractivity contribution in [3.05, 3.63) is 71.8 Å². The fourth-order valence-corrected chi connectivity index (χ4v) is 3.60. The second kappa shape index (κ2) is 10.2. The summed E-state index contributed by atoms with van der Waals surface area (Å²) in [6.07, 6.45) is 0.610. The lowest BCUT2D eigenvalue weighted by atomic mass is 10.2. The van der Waals surface area contributed by atoms with Crippen molar-refractivity contribution in [1.29, 1.82) is 0 Å². The van der Waals surface area contributed by atoms with E-state index in [4.69, 9.17) is 0 Å². The molecule has 4 heteroatoms. The molecular weight excluding hydrogens is 334 g/mol. The van der Waals surface area contributed by atoms with E-state index in [9.17, 15) is 4.79 Å². The van der Waals surface area contributed by atoms with Crippen molar-refractivity contribution in [2.24, 2.45) is 0 Å². The van der Waals surface area contributed by atoms with Crippen molar-refractivity contribution in [3.63, 3.8) is 0 Å². The lowest BCUT2D eigenvalue weighted by Gasteiger charge is -2.35. The first-order valence-corrected chi connectivity index (χ1v) is 10.0. The van der Waals surface area contributed by atoms with Crippen LogP contribution in [-0.4, -0.2) is 59.9 Å². The molecular formula is C23H31N3O. The maximum atomic E-state index is 12.6. The Morgan fingerprint density at radius 1 is 0.852 bits per heavy atom. The Morgan fingerprint density at radius 3 is 2.00 bits per heavy atom. The molecule has 0 atom stereocenters. The van der Waals surface area contributed by atoms with Gasteiger partial charge >= 0.3 is 0 Å². The van der Waals surface area contributed by atoms with Gasteiger partial charge in [0.2, 0.25) is 5.91 Å². The van der Waals surface area contributed by atoms with Gasteiger partial charge in [-0.2, -0.15) is 0 Å². The number of benzene rings is 2. The van der Waals surface area contributed by atoms with Gasteiger partial charge in [-0.15, -0.1) is 0 Å². The molecule has 1 amide bonds. The fraction of sp³-hybridized carbons (Fsp3) is 0.435. The van der Waals surface area contributed by atoms with Crippen molar-refractivity contribution in [3.8, 4) is 0 Å². The van der Waals surface area contributed by atoms with E-state index in [-0.39, 0.29) is 5.91 Å². The Bertz CT molecular complexity index is 681. The largest absolute Gasteiger partial charge is 0.339 e. The first-order valence-electron chi connectivity index (χ1n) is 10.0. The smallest absolute Gasteiger partial charge is 0.224 e. The highest BCUT2D eigenvalue weighted by Gasteiger charge is 2.19. The minimum absolute atomic E-state index is 0.257. The summed E-state index contributed by atoms with van der Waals surface area (Å²) in [6, 6.07) is 20.9. The summed E-state index contributed by atoms with van der Waals surface area (Å²) in [5.41, 5.74) is 2.57. The first kappa shape index (κ1) is 19.6. The van der Waals surface area contributed by atoms with Gasteiger partial charge in [0.25, 0.3) is 0 Å². The van der Waals surface area contributed by atoms with Crippen LogP contribution < -0.4 is 0 Å². The predicted molar refractivity (Wildman–Crippen MR) is 110 cm³/mol. The quantitative estimate of drug-likeness (QED) is 0.718. The topological polar surface area (TPSA) is 26.8 Å². The third kappa shape index (κ3) is 6.19. The third-order valence-electron chi connectivity index (χ3n) is 5.31. The van der Waals surface area contributed by atoms with Crippen molar-refractivity contribution in [1.82, 2.24) is 14.7 Å². The van der Waals surface area contributed by atoms with Crippen LogP contribution in [0.25, 0.3) is 0 Å². The van der Waals surface area contributed by atoms with Gasteiger partial charge in [0.1, 0.15) is 0 Å². The molecule has 0 aromatic heterocycles. The SMILES string of the molecule is CCN(Cc1ccccc1)C(=O)CCN1CCN(Cc2ccccc2)CC1. The van der Waals surface area contributed by atoms with Crippen molar-refractivity contribution in [2.45, 2.75) is 26.4 Å². The summed E-state index contributed by atoms with van der Waals surface area (Å²) in [5, 5.41) is 0. The molecule has 3 rings (SSSR count). The Kier molecular flexibility index (Phi) is 7.43. The highest BCUT2D eigenvalue weighted by Crippen LogP contribution is 2.10. The molecule has 0 aliphatic carbocycles. The number of rotatable bonds is 8. The molecule has 27 heavy (non-hydrogen) atoms. The molecule has 0 spiro atoms. The molecule has 1 heterocycles. The fourth-order valence-electron chi connectivity index (χ4n) is 3.60. The normalized spacial score (nSPS) is 15.6. The van der Waals surface area contributed by atoms with Gasteiger partial charge in [0, 0.05) is 58.8 Å². The molecule has 2 aromatic carbocycles. The minimum atomic E-state index is 0.257. The number of amides is 1. The average molecular weight is 366 g/mol. The standard InChI is InChI=1S/C23H31N3O/c1-2-26(20-22-11-7-4-8-12-22)23(27)13-14-24-15-17-25(18-16-24)19-21-9-5-3-6-10-21/h3-12H,2,13-20H2,1H3. The molecule has 1 saturated heterocycles. The monoisotopic (exact) mass is 365 g/mol. The molecule has 1 aliphatic rings. The van der Waals surface area contributed by atoms with Crippen LogP contribution in [0.2, 0.25) is 0 Å². The van der Waals surface area contributed by atoms with Crippen LogP contribution >= 0.6 is 0 Å². The van der Waals surface area contributed by atoms with Gasteiger partial charge in [-0.25, -0.2) is 0 Å². The third-order valence-corrected chi connectivity index (χ3v) is 5.31. The number of hydrogen-bond donors (Lipinski definition) is 0. The summed E-state index contributed by atoms with van der Waals surface area (Å²) in [4.78, 5) is 19.5. The van der Waals surface area contributed by atoms with Crippen molar-refractivity contribution in [2.75, 3.05) is 39.3 Å². The Morgan fingerprint density at radius 2 is 1.41 bits per heavy atom. The van der Waals surface area contributed by atoms with Crippen LogP contribution in [0.15, 0.2) is 60.7 Å². The van der Waals surface area contributed by atoms with E-state index in [1.807, 2.05) is 23.1 Å². The molecule has 0 saturated carbocycles. The van der Waals surface area contributed by atoms with E-state index in [1.165, 1.54) is 11.1 Å². The van der Waals surface area contributed by atoms with E-state index in [0.29, 0.717) is 13.0 Å². The molecule has 1 fully saturated rings. The highest BCUT2D eigenvalue weighted by atomic mass is 16.2. The van der Waals surface area contributed by atoms with Crippen LogP contribution in [0.3, 0.4) is 0 Å². The van der Waals surface area contributed by atoms with Gasteiger partial charge < -0.3 is 9.80 Å². The minimum Gasteiger partial charge on any atom is -0.339 e. The van der Waals surface area contributed by atoms with E-state index in [0.717, 1.165) is 45.8 Å². The van der Waals surface area contributed by atoms with Crippen LogP contribution in [0, 0.1) is 0 Å². The lowest BCUT2D eigenvalue weighted by Crippen LogP contribution is -2.46. The number of carbonyl (C=O) groups excluding carboxylic acids is 1. The number of piperazine rings is 1. The van der Waals surface area contributed by atoms with Crippen LogP contribution in [-0.2, 0) is 17.9 Å². The molecule has 0 N–H and O–H groups in total. The van der Waals surface area contributed by atoms with Crippen LogP contribution in [0.1, 0.15) is 24.5 Å². The first-order chi connectivity index (χ1) is 13.2. The number of nitrogens with zero attached hydrogens (tertiary/aromatic N) is 3. The van der Waals surface area contributed by atoms with E-state index >= 15 is 0 Å². The van der Waals surface area contributed by atoms with Gasteiger partial charge in [-0.1, -0.05) is 60.7 Å². The maximum absolute atomic E-state index is 12.6. The second-order valence-corrected chi connectivity index (χ2v) is 7.25. The van der Waals surface area contributed by atoms with Crippen molar-refractivity contribution < 1.29 is 4.79 Å². The highest BCUT2D eigenvalue weighted by molar-refractivity contribution is 5.76. The number of carbonyl (C=O) groups is 1. The molecule has 1 aliphatic heterocycles. The Balaban J connectivity index is 1.39. The summed E-state index contributed by atoms with van der Waals surface area (Å²) < 4.78 is 0. The molecule has 4 nitrogen and oxygen atoms in total. The molecule has 0 unspecified atom stereocenters. The van der Waals surface area contributed by atoms with Crippen LogP contribution in [0.4, 0.5) is 0 Å². The van der Waals surface area contributed by atoms with E-state index < -0.39 is 0 Å². The second-order valence-electron chi connectivity index (χ2n) is 7.25. The van der Waals surface area contributed by atoms with Crippen LogP contribution in [0.5, 0.6) is 0 Å². The zero-order valence-electron chi connectivity index (χ0n) is 16.4. The van der Waals surface area contributed by atoms with E-state index in [1.54, 1.807) is 0 Å². The van der Waals surface area contributed by atoms with Gasteiger partial charge in [0.15, 0.2) is 0 Å². The Hall–Kier alpha value is -2.17. The Labute approximate surface area is 163 Å². The zero-order chi connectivity index (χ0) is 18.9. The average Bonchev–Trinajstić information content (AvgIpc) is 2.73. The summed E-state index contributed by atoms with van der Waals surface area (Å²) in [6.45, 7) is 9.66. The molecule has 144 valence electrons. The van der Waals surface area contributed by atoms with Gasteiger partial charge in [-0.3, -0.25) is 9.69 Å². The molecule has 2 aromatic rings. The predicted octanol–water partition coefficient (Wildman–Crippen LogP) is 3.24. The summed E-state index contributed by atoms with van der Waals surface area (Å²) in [5.74, 6) is 0.257.